The average molecular weight is 309 g/mol. The maximum absolute atomic E-state index is 11.7. The first-order valence-corrected chi connectivity index (χ1v) is 8.12. The number of nitrogens with one attached hydrogen (secondary N) is 1. The number of benzene rings is 1. The molecule has 0 fully saturated rings. The number of fused-ring (bicyclic) bond motifs is 1. The number of hydrogen-bond donors (Lipinski definition) is 1. The van der Waals surface area contributed by atoms with Crippen LogP contribution in [0.25, 0.3) is 10.8 Å². The molecule has 1 N–H and O–H groups in total. The van der Waals surface area contributed by atoms with E-state index in [2.05, 4.69) is 10.3 Å². The summed E-state index contributed by atoms with van der Waals surface area (Å²) in [6, 6.07) is 7.55. The summed E-state index contributed by atoms with van der Waals surface area (Å²) >= 11 is 0. The molecule has 0 bridgehead atoms. The molecule has 0 amide bonds. The van der Waals surface area contributed by atoms with Crippen molar-refractivity contribution < 1.29 is 13.2 Å². The van der Waals surface area contributed by atoms with E-state index in [-0.39, 0.29) is 5.75 Å². The summed E-state index contributed by atoms with van der Waals surface area (Å²) in [5.41, 5.74) is 0. The lowest BCUT2D eigenvalue weighted by Crippen LogP contribution is -2.28. The quantitative estimate of drug-likeness (QED) is 0.876. The molecule has 0 aliphatic carbocycles. The fraction of sp³-hybridized carbons (Fsp3) is 0.357. The lowest BCUT2D eigenvalue weighted by atomic mass is 10.1. The van der Waals surface area contributed by atoms with Crippen LogP contribution in [0.5, 0.6) is 5.75 Å². The number of methoxy groups -OCH3 is 1. The zero-order chi connectivity index (χ0) is 15.5. The van der Waals surface area contributed by atoms with E-state index in [1.54, 1.807) is 13.3 Å². The third-order valence-corrected chi connectivity index (χ3v) is 5.03. The summed E-state index contributed by atoms with van der Waals surface area (Å²) in [5.74, 6) is 1.43. The molecule has 0 spiro atoms. The molecule has 0 atom stereocenters. The standard InChI is InChI=1S/C14H19N3O3S/c1-17(2)21(18,19)10-9-16-14-12-5-4-6-13(20-3)11(12)7-8-15-14/h4-8H,9-10H2,1-3H3,(H,15,16). The van der Waals surface area contributed by atoms with Crippen molar-refractivity contribution in [1.29, 1.82) is 0 Å². The summed E-state index contributed by atoms with van der Waals surface area (Å²) in [6.45, 7) is 0.295. The normalized spacial score (nSPS) is 11.8. The minimum atomic E-state index is -3.22. The van der Waals surface area contributed by atoms with E-state index in [1.807, 2.05) is 24.3 Å². The van der Waals surface area contributed by atoms with E-state index in [0.717, 1.165) is 16.5 Å². The van der Waals surface area contributed by atoms with Gasteiger partial charge in [-0.1, -0.05) is 12.1 Å². The second-order valence-corrected chi connectivity index (χ2v) is 7.04. The van der Waals surface area contributed by atoms with Crippen LogP contribution in [0.4, 0.5) is 5.82 Å². The lowest BCUT2D eigenvalue weighted by molar-refractivity contribution is 0.420. The second kappa shape index (κ2) is 6.28. The van der Waals surface area contributed by atoms with Crippen molar-refractivity contribution in [2.45, 2.75) is 0 Å². The van der Waals surface area contributed by atoms with Gasteiger partial charge in [0.1, 0.15) is 11.6 Å². The SMILES string of the molecule is COc1cccc2c(NCCS(=O)(=O)N(C)C)nccc12. The Morgan fingerprint density at radius 2 is 2.00 bits per heavy atom. The van der Waals surface area contributed by atoms with Crippen molar-refractivity contribution in [2.75, 3.05) is 38.8 Å². The number of aromatic nitrogens is 1. The zero-order valence-corrected chi connectivity index (χ0v) is 13.1. The van der Waals surface area contributed by atoms with Crippen LogP contribution in [0.1, 0.15) is 0 Å². The average Bonchev–Trinajstić information content (AvgIpc) is 2.46. The van der Waals surface area contributed by atoms with Crippen LogP contribution in [0.2, 0.25) is 0 Å². The molecule has 2 aromatic rings. The second-order valence-electron chi connectivity index (χ2n) is 4.74. The minimum Gasteiger partial charge on any atom is -0.496 e. The van der Waals surface area contributed by atoms with E-state index < -0.39 is 10.0 Å². The van der Waals surface area contributed by atoms with Crippen molar-refractivity contribution in [2.24, 2.45) is 0 Å². The van der Waals surface area contributed by atoms with Gasteiger partial charge in [0, 0.05) is 37.6 Å². The molecule has 21 heavy (non-hydrogen) atoms. The molecule has 1 aromatic heterocycles. The first-order valence-electron chi connectivity index (χ1n) is 6.51. The number of rotatable bonds is 6. The highest BCUT2D eigenvalue weighted by Crippen LogP contribution is 2.28. The van der Waals surface area contributed by atoms with Gasteiger partial charge in [0.2, 0.25) is 10.0 Å². The van der Waals surface area contributed by atoms with Crippen molar-refractivity contribution in [3.05, 3.63) is 30.5 Å². The highest BCUT2D eigenvalue weighted by molar-refractivity contribution is 7.89. The van der Waals surface area contributed by atoms with Gasteiger partial charge in [0.25, 0.3) is 0 Å². The molecule has 0 radical (unpaired) electrons. The molecular formula is C14H19N3O3S. The van der Waals surface area contributed by atoms with Crippen molar-refractivity contribution in [3.8, 4) is 5.75 Å². The molecule has 6 nitrogen and oxygen atoms in total. The van der Waals surface area contributed by atoms with Crippen molar-refractivity contribution in [3.63, 3.8) is 0 Å². The first-order chi connectivity index (χ1) is 9.95. The first kappa shape index (κ1) is 15.5. The summed E-state index contributed by atoms with van der Waals surface area (Å²) in [5, 5.41) is 4.92. The fourth-order valence-electron chi connectivity index (χ4n) is 1.98. The van der Waals surface area contributed by atoms with Gasteiger partial charge < -0.3 is 10.1 Å². The van der Waals surface area contributed by atoms with Crippen molar-refractivity contribution >= 4 is 26.6 Å². The van der Waals surface area contributed by atoms with Crippen molar-refractivity contribution in [1.82, 2.24) is 9.29 Å². The molecule has 0 unspecified atom stereocenters. The molecule has 0 aliphatic rings. The Morgan fingerprint density at radius 3 is 2.67 bits per heavy atom. The molecule has 2 rings (SSSR count). The molecule has 114 valence electrons. The smallest absolute Gasteiger partial charge is 0.215 e. The highest BCUT2D eigenvalue weighted by Gasteiger charge is 2.13. The van der Waals surface area contributed by atoms with Gasteiger partial charge in [-0.2, -0.15) is 0 Å². The number of pyridine rings is 1. The topological polar surface area (TPSA) is 71.5 Å². The Bertz CT molecular complexity index is 729. The van der Waals surface area contributed by atoms with Gasteiger partial charge in [0.15, 0.2) is 0 Å². The number of hydrogen-bond acceptors (Lipinski definition) is 5. The number of nitrogens with zero attached hydrogens (tertiary/aromatic N) is 2. The van der Waals surface area contributed by atoms with Gasteiger partial charge in [-0.05, 0) is 12.1 Å². The van der Waals surface area contributed by atoms with Gasteiger partial charge in [-0.25, -0.2) is 17.7 Å². The summed E-state index contributed by atoms with van der Waals surface area (Å²) in [7, 11) is 1.45. The number of ether oxygens (including phenoxy) is 1. The Balaban J connectivity index is 2.20. The zero-order valence-electron chi connectivity index (χ0n) is 12.3. The third-order valence-electron chi connectivity index (χ3n) is 3.19. The molecule has 1 aromatic carbocycles. The molecule has 1 heterocycles. The van der Waals surface area contributed by atoms with Gasteiger partial charge >= 0.3 is 0 Å². The van der Waals surface area contributed by atoms with Crippen LogP contribution < -0.4 is 10.1 Å². The van der Waals surface area contributed by atoms with Gasteiger partial charge in [-0.15, -0.1) is 0 Å². The van der Waals surface area contributed by atoms with E-state index in [4.69, 9.17) is 4.74 Å². The van der Waals surface area contributed by atoms with Crippen LogP contribution in [-0.4, -0.2) is 51.2 Å². The number of anilines is 1. The molecule has 7 heteroatoms. The Labute approximate surface area is 124 Å². The fourth-order valence-corrected chi connectivity index (χ4v) is 2.70. The lowest BCUT2D eigenvalue weighted by Gasteiger charge is -2.13. The monoisotopic (exact) mass is 309 g/mol. The maximum atomic E-state index is 11.7. The van der Waals surface area contributed by atoms with Crippen LogP contribution in [0.15, 0.2) is 30.5 Å². The van der Waals surface area contributed by atoms with E-state index in [9.17, 15) is 8.42 Å². The van der Waals surface area contributed by atoms with E-state index in [0.29, 0.717) is 12.4 Å². The van der Waals surface area contributed by atoms with Crippen LogP contribution in [0, 0.1) is 0 Å². The molecule has 0 aliphatic heterocycles. The number of sulfonamides is 1. The third kappa shape index (κ3) is 3.43. The van der Waals surface area contributed by atoms with E-state index >= 15 is 0 Å². The predicted molar refractivity (Wildman–Crippen MR) is 84.3 cm³/mol. The summed E-state index contributed by atoms with van der Waals surface area (Å²) in [4.78, 5) is 4.27. The highest BCUT2D eigenvalue weighted by atomic mass is 32.2. The van der Waals surface area contributed by atoms with Crippen LogP contribution >= 0.6 is 0 Å². The van der Waals surface area contributed by atoms with Crippen LogP contribution in [0.3, 0.4) is 0 Å². The molecule has 0 saturated heterocycles. The summed E-state index contributed by atoms with van der Waals surface area (Å²) < 4.78 is 30.0. The molecular weight excluding hydrogens is 290 g/mol. The Morgan fingerprint density at radius 1 is 1.24 bits per heavy atom. The largest absolute Gasteiger partial charge is 0.496 e. The predicted octanol–water partition coefficient (Wildman–Crippen LogP) is 1.55. The minimum absolute atomic E-state index is 0.0159. The Kier molecular flexibility index (Phi) is 4.64. The van der Waals surface area contributed by atoms with Gasteiger partial charge in [-0.3, -0.25) is 0 Å². The Hall–Kier alpha value is -1.86. The van der Waals surface area contributed by atoms with E-state index in [1.165, 1.54) is 18.4 Å². The maximum Gasteiger partial charge on any atom is 0.215 e. The summed E-state index contributed by atoms with van der Waals surface area (Å²) in [6.07, 6.45) is 1.67. The van der Waals surface area contributed by atoms with Crippen LogP contribution in [-0.2, 0) is 10.0 Å². The van der Waals surface area contributed by atoms with Gasteiger partial charge in [0.05, 0.1) is 12.9 Å². The molecule has 0 saturated carbocycles.